The van der Waals surface area contributed by atoms with Crippen LogP contribution in [0.5, 0.6) is 0 Å². The summed E-state index contributed by atoms with van der Waals surface area (Å²) in [5.41, 5.74) is 0. The van der Waals surface area contributed by atoms with Crippen molar-refractivity contribution in [2.24, 2.45) is 5.92 Å². The molecule has 2 unspecified atom stereocenters. The minimum absolute atomic E-state index is 0.0179. The highest BCUT2D eigenvalue weighted by atomic mass is 32.2. The molecular weight excluding hydrogens is 204 g/mol. The Balaban J connectivity index is 3.59. The van der Waals surface area contributed by atoms with Gasteiger partial charge in [0.1, 0.15) is 0 Å². The van der Waals surface area contributed by atoms with Gasteiger partial charge in [-0.2, -0.15) is 0 Å². The van der Waals surface area contributed by atoms with Gasteiger partial charge < -0.3 is 9.29 Å². The standard InChI is InChI=1S/C9H18O4S/c1-3-4-6-13-9(10)8(2)5-7-14(11)12/h8H,3-7H2,1-2H3,(H,11,12)/p-1. The molecular formula is C9H17O4S-. The summed E-state index contributed by atoms with van der Waals surface area (Å²) in [6.07, 6.45) is 2.17. The molecule has 0 aliphatic rings. The molecule has 0 amide bonds. The fourth-order valence-corrected chi connectivity index (χ4v) is 1.40. The lowest BCUT2D eigenvalue weighted by atomic mass is 10.1. The first-order valence-electron chi connectivity index (χ1n) is 4.80. The number of carbonyl (C=O) groups is 1. The Bertz CT molecular complexity index is 193. The average molecular weight is 221 g/mol. The van der Waals surface area contributed by atoms with Crippen molar-refractivity contribution < 1.29 is 18.3 Å². The molecule has 0 spiro atoms. The number of rotatable bonds is 7. The average Bonchev–Trinajstić information content (AvgIpc) is 2.14. The van der Waals surface area contributed by atoms with E-state index in [-0.39, 0.29) is 17.6 Å². The highest BCUT2D eigenvalue weighted by Gasteiger charge is 2.13. The molecule has 5 heteroatoms. The van der Waals surface area contributed by atoms with Crippen molar-refractivity contribution in [3.8, 4) is 0 Å². The van der Waals surface area contributed by atoms with Gasteiger partial charge in [-0.1, -0.05) is 31.3 Å². The minimum atomic E-state index is -2.07. The van der Waals surface area contributed by atoms with Crippen LogP contribution >= 0.6 is 0 Å². The first-order chi connectivity index (χ1) is 6.57. The van der Waals surface area contributed by atoms with Crippen molar-refractivity contribution in [3.63, 3.8) is 0 Å². The maximum absolute atomic E-state index is 11.2. The number of esters is 1. The van der Waals surface area contributed by atoms with E-state index in [1.165, 1.54) is 0 Å². The van der Waals surface area contributed by atoms with Gasteiger partial charge in [0.05, 0.1) is 12.5 Å². The molecule has 0 N–H and O–H groups in total. The fourth-order valence-electron chi connectivity index (χ4n) is 0.850. The molecule has 0 radical (unpaired) electrons. The molecule has 0 aromatic carbocycles. The summed E-state index contributed by atoms with van der Waals surface area (Å²) < 4.78 is 25.4. The highest BCUT2D eigenvalue weighted by molar-refractivity contribution is 7.79. The Morgan fingerprint density at radius 3 is 2.71 bits per heavy atom. The van der Waals surface area contributed by atoms with E-state index in [9.17, 15) is 13.6 Å². The molecule has 0 aromatic heterocycles. The summed E-state index contributed by atoms with van der Waals surface area (Å²) in [5.74, 6) is -0.613. The van der Waals surface area contributed by atoms with Crippen LogP contribution in [0.15, 0.2) is 0 Å². The lowest BCUT2D eigenvalue weighted by Gasteiger charge is -2.11. The number of hydrogen-bond acceptors (Lipinski definition) is 4. The molecule has 0 aliphatic heterocycles. The van der Waals surface area contributed by atoms with E-state index in [0.717, 1.165) is 12.8 Å². The second-order valence-corrected chi connectivity index (χ2v) is 4.23. The Hall–Kier alpha value is -0.420. The van der Waals surface area contributed by atoms with E-state index in [1.807, 2.05) is 6.92 Å². The molecule has 4 nitrogen and oxygen atoms in total. The third kappa shape index (κ3) is 7.03. The zero-order chi connectivity index (χ0) is 11.0. The number of unbranched alkanes of at least 4 members (excludes halogenated alkanes) is 1. The lowest BCUT2D eigenvalue weighted by Crippen LogP contribution is -2.17. The van der Waals surface area contributed by atoms with Crippen LogP contribution in [0.3, 0.4) is 0 Å². The van der Waals surface area contributed by atoms with Gasteiger partial charge in [0.15, 0.2) is 0 Å². The molecule has 2 atom stereocenters. The number of carbonyl (C=O) groups excluding carboxylic acids is 1. The predicted octanol–water partition coefficient (Wildman–Crippen LogP) is 1.24. The van der Waals surface area contributed by atoms with Crippen molar-refractivity contribution >= 4 is 17.0 Å². The summed E-state index contributed by atoms with van der Waals surface area (Å²) in [5, 5.41) is 0. The van der Waals surface area contributed by atoms with Crippen molar-refractivity contribution in [2.75, 3.05) is 12.4 Å². The van der Waals surface area contributed by atoms with Crippen molar-refractivity contribution in [1.82, 2.24) is 0 Å². The zero-order valence-electron chi connectivity index (χ0n) is 8.65. The Kier molecular flexibility index (Phi) is 7.70. The van der Waals surface area contributed by atoms with Gasteiger partial charge in [0.2, 0.25) is 0 Å². The summed E-state index contributed by atoms with van der Waals surface area (Å²) >= 11 is -2.07. The SMILES string of the molecule is CCCCOC(=O)C(C)CCS(=O)[O-]. The van der Waals surface area contributed by atoms with Crippen LogP contribution < -0.4 is 0 Å². The summed E-state index contributed by atoms with van der Waals surface area (Å²) in [7, 11) is 0. The maximum Gasteiger partial charge on any atom is 0.308 e. The van der Waals surface area contributed by atoms with E-state index in [1.54, 1.807) is 6.92 Å². The van der Waals surface area contributed by atoms with Crippen LogP contribution in [-0.4, -0.2) is 27.1 Å². The third-order valence-electron chi connectivity index (χ3n) is 1.86. The van der Waals surface area contributed by atoms with Gasteiger partial charge in [0.25, 0.3) is 0 Å². The summed E-state index contributed by atoms with van der Waals surface area (Å²) in [6.45, 7) is 4.12. The molecule has 0 saturated heterocycles. The van der Waals surface area contributed by atoms with E-state index in [4.69, 9.17) is 4.74 Å². The van der Waals surface area contributed by atoms with Gasteiger partial charge in [-0.3, -0.25) is 9.00 Å². The van der Waals surface area contributed by atoms with Gasteiger partial charge >= 0.3 is 5.97 Å². The van der Waals surface area contributed by atoms with Crippen molar-refractivity contribution in [2.45, 2.75) is 33.1 Å². The van der Waals surface area contributed by atoms with Crippen LogP contribution in [0.1, 0.15) is 33.1 Å². The predicted molar refractivity (Wildman–Crippen MR) is 53.4 cm³/mol. The largest absolute Gasteiger partial charge is 0.772 e. The maximum atomic E-state index is 11.2. The number of hydrogen-bond donors (Lipinski definition) is 0. The second kappa shape index (κ2) is 7.94. The van der Waals surface area contributed by atoms with E-state index in [0.29, 0.717) is 13.0 Å². The fraction of sp³-hybridized carbons (Fsp3) is 0.889. The van der Waals surface area contributed by atoms with Crippen LogP contribution in [0.25, 0.3) is 0 Å². The molecule has 0 rings (SSSR count). The number of ether oxygens (including phenoxy) is 1. The molecule has 0 saturated carbocycles. The van der Waals surface area contributed by atoms with Gasteiger partial charge in [0, 0.05) is 5.75 Å². The van der Waals surface area contributed by atoms with Crippen LogP contribution in [0, 0.1) is 5.92 Å². The smallest absolute Gasteiger partial charge is 0.308 e. The Labute approximate surface area is 87.3 Å². The first-order valence-corrected chi connectivity index (χ1v) is 6.04. The molecule has 14 heavy (non-hydrogen) atoms. The van der Waals surface area contributed by atoms with Gasteiger partial charge in [-0.25, -0.2) is 0 Å². The van der Waals surface area contributed by atoms with Crippen LogP contribution in [0.2, 0.25) is 0 Å². The van der Waals surface area contributed by atoms with Gasteiger partial charge in [-0.05, 0) is 12.8 Å². The summed E-state index contributed by atoms with van der Waals surface area (Å²) in [6, 6.07) is 0. The van der Waals surface area contributed by atoms with Gasteiger partial charge in [-0.15, -0.1) is 0 Å². The summed E-state index contributed by atoms with van der Waals surface area (Å²) in [4.78, 5) is 11.2. The molecule has 84 valence electrons. The minimum Gasteiger partial charge on any atom is -0.772 e. The Morgan fingerprint density at radius 2 is 2.21 bits per heavy atom. The molecule has 0 fully saturated rings. The van der Waals surface area contributed by atoms with Crippen LogP contribution in [0.4, 0.5) is 0 Å². The van der Waals surface area contributed by atoms with Crippen molar-refractivity contribution in [3.05, 3.63) is 0 Å². The topological polar surface area (TPSA) is 66.4 Å². The second-order valence-electron chi connectivity index (χ2n) is 3.22. The van der Waals surface area contributed by atoms with E-state index in [2.05, 4.69) is 0 Å². The monoisotopic (exact) mass is 221 g/mol. The van der Waals surface area contributed by atoms with E-state index < -0.39 is 11.1 Å². The molecule has 0 bridgehead atoms. The molecule has 0 aromatic rings. The highest BCUT2D eigenvalue weighted by Crippen LogP contribution is 2.05. The Morgan fingerprint density at radius 1 is 1.57 bits per heavy atom. The lowest BCUT2D eigenvalue weighted by molar-refractivity contribution is -0.148. The van der Waals surface area contributed by atoms with E-state index >= 15 is 0 Å². The van der Waals surface area contributed by atoms with Crippen LogP contribution in [-0.2, 0) is 20.6 Å². The normalized spacial score (nSPS) is 14.8. The first kappa shape index (κ1) is 13.6. The molecule has 0 heterocycles. The zero-order valence-corrected chi connectivity index (χ0v) is 9.47. The molecule has 0 aliphatic carbocycles. The third-order valence-corrected chi connectivity index (χ3v) is 2.43. The van der Waals surface area contributed by atoms with Crippen molar-refractivity contribution in [1.29, 1.82) is 0 Å². The quantitative estimate of drug-likeness (QED) is 0.368.